The zero-order valence-electron chi connectivity index (χ0n) is 17.3. The molecule has 160 valence electrons. The fourth-order valence-electron chi connectivity index (χ4n) is 3.91. The smallest absolute Gasteiger partial charge is 0.328 e. The van der Waals surface area contributed by atoms with Crippen molar-refractivity contribution in [3.8, 4) is 0 Å². The summed E-state index contributed by atoms with van der Waals surface area (Å²) in [6, 6.07) is 22.1. The number of methoxy groups -OCH3 is 1. The highest BCUT2D eigenvalue weighted by molar-refractivity contribution is 6.18. The van der Waals surface area contributed by atoms with E-state index in [1.807, 2.05) is 54.6 Å². The van der Waals surface area contributed by atoms with Crippen molar-refractivity contribution in [2.24, 2.45) is 0 Å². The number of hydrogen-bond acceptors (Lipinski definition) is 5. The first-order valence-corrected chi connectivity index (χ1v) is 10.0. The molecule has 7 heteroatoms. The quantitative estimate of drug-likeness (QED) is 0.212. The maximum absolute atomic E-state index is 13.5. The van der Waals surface area contributed by atoms with Crippen molar-refractivity contribution >= 4 is 39.1 Å². The molecular weight excluding hydrogens is 408 g/mol. The van der Waals surface area contributed by atoms with Gasteiger partial charge in [-0.3, -0.25) is 14.9 Å². The Kier molecular flexibility index (Phi) is 5.81. The average Bonchev–Trinajstić information content (AvgIpc) is 2.81. The molecule has 0 unspecified atom stereocenters. The lowest BCUT2D eigenvalue weighted by molar-refractivity contribution is -0.385. The van der Waals surface area contributed by atoms with Gasteiger partial charge in [0.05, 0.1) is 17.6 Å². The van der Waals surface area contributed by atoms with E-state index in [2.05, 4.69) is 5.32 Å². The molecule has 0 heterocycles. The number of nitro benzene ring substituents is 1. The lowest BCUT2D eigenvalue weighted by Gasteiger charge is -2.18. The van der Waals surface area contributed by atoms with E-state index in [9.17, 15) is 19.7 Å². The van der Waals surface area contributed by atoms with Gasteiger partial charge >= 0.3 is 5.97 Å². The first kappa shape index (κ1) is 21.0. The third-order valence-electron chi connectivity index (χ3n) is 5.40. The van der Waals surface area contributed by atoms with Crippen LogP contribution in [0.4, 0.5) is 5.69 Å². The molecule has 4 rings (SSSR count). The third kappa shape index (κ3) is 4.00. The lowest BCUT2D eigenvalue weighted by atomic mass is 9.95. The van der Waals surface area contributed by atoms with Crippen LogP contribution >= 0.6 is 0 Å². The summed E-state index contributed by atoms with van der Waals surface area (Å²) in [5.41, 5.74) is 0.650. The fourth-order valence-corrected chi connectivity index (χ4v) is 3.91. The number of hydrogen-bond donors (Lipinski definition) is 1. The number of nitrogens with one attached hydrogen (secondary N) is 1. The van der Waals surface area contributed by atoms with Crippen LogP contribution in [0.25, 0.3) is 21.5 Å². The molecule has 0 bridgehead atoms. The van der Waals surface area contributed by atoms with Gasteiger partial charge in [-0.25, -0.2) is 4.79 Å². The average molecular weight is 428 g/mol. The molecule has 0 saturated carbocycles. The first-order valence-electron chi connectivity index (χ1n) is 10.0. The molecule has 4 aromatic rings. The largest absolute Gasteiger partial charge is 0.467 e. The molecule has 1 atom stereocenters. The molecule has 0 spiro atoms. The Morgan fingerprint density at radius 2 is 1.50 bits per heavy atom. The van der Waals surface area contributed by atoms with Gasteiger partial charge in [-0.1, -0.05) is 66.7 Å². The van der Waals surface area contributed by atoms with Gasteiger partial charge in [0, 0.05) is 18.1 Å². The van der Waals surface area contributed by atoms with Crippen molar-refractivity contribution in [1.29, 1.82) is 0 Å². The minimum Gasteiger partial charge on any atom is -0.467 e. The molecule has 0 radical (unpaired) electrons. The van der Waals surface area contributed by atoms with E-state index in [1.165, 1.54) is 13.2 Å². The van der Waals surface area contributed by atoms with Crippen molar-refractivity contribution < 1.29 is 19.2 Å². The van der Waals surface area contributed by atoms with Crippen molar-refractivity contribution in [1.82, 2.24) is 5.32 Å². The number of nitrogens with zero attached hydrogens (tertiary/aromatic N) is 1. The number of carbonyl (C=O) groups excluding carboxylic acids is 2. The highest BCUT2D eigenvalue weighted by atomic mass is 16.6. The number of ether oxygens (including phenoxy) is 1. The molecule has 0 aromatic heterocycles. The van der Waals surface area contributed by atoms with Crippen molar-refractivity contribution in [2.45, 2.75) is 12.5 Å². The maximum Gasteiger partial charge on any atom is 0.328 e. The van der Waals surface area contributed by atoms with Gasteiger partial charge < -0.3 is 10.1 Å². The van der Waals surface area contributed by atoms with Crippen LogP contribution in [-0.4, -0.2) is 30.0 Å². The van der Waals surface area contributed by atoms with E-state index in [4.69, 9.17) is 4.74 Å². The number of nitro groups is 1. The zero-order chi connectivity index (χ0) is 22.7. The second kappa shape index (κ2) is 8.85. The summed E-state index contributed by atoms with van der Waals surface area (Å²) in [4.78, 5) is 36.8. The van der Waals surface area contributed by atoms with Crippen LogP contribution in [0, 0.1) is 10.1 Å². The molecule has 0 aliphatic carbocycles. The van der Waals surface area contributed by atoms with Gasteiger partial charge in [-0.2, -0.15) is 0 Å². The lowest BCUT2D eigenvalue weighted by Crippen LogP contribution is -2.43. The Labute approximate surface area is 183 Å². The van der Waals surface area contributed by atoms with E-state index in [0.29, 0.717) is 11.1 Å². The number of fused-ring (bicyclic) bond motifs is 2. The first-order chi connectivity index (χ1) is 15.5. The monoisotopic (exact) mass is 428 g/mol. The van der Waals surface area contributed by atoms with Crippen molar-refractivity contribution in [3.05, 3.63) is 100 Å². The van der Waals surface area contributed by atoms with E-state index >= 15 is 0 Å². The number of carbonyl (C=O) groups is 2. The maximum atomic E-state index is 13.5. The summed E-state index contributed by atoms with van der Waals surface area (Å²) in [6.07, 6.45) is -0.0712. The minimum atomic E-state index is -1.09. The Morgan fingerprint density at radius 1 is 0.938 bits per heavy atom. The number of esters is 1. The van der Waals surface area contributed by atoms with E-state index < -0.39 is 22.8 Å². The van der Waals surface area contributed by atoms with Crippen LogP contribution in [0.3, 0.4) is 0 Å². The second-order valence-electron chi connectivity index (χ2n) is 7.33. The molecule has 1 amide bonds. The number of para-hydroxylation sites is 1. The summed E-state index contributed by atoms with van der Waals surface area (Å²) in [5, 5.41) is 17.4. The van der Waals surface area contributed by atoms with Gasteiger partial charge in [0.25, 0.3) is 11.6 Å². The van der Waals surface area contributed by atoms with Crippen LogP contribution in [0.1, 0.15) is 15.9 Å². The Morgan fingerprint density at radius 3 is 2.09 bits per heavy atom. The van der Waals surface area contributed by atoms with E-state index in [1.54, 1.807) is 18.2 Å². The summed E-state index contributed by atoms with van der Waals surface area (Å²) < 4.78 is 4.87. The highest BCUT2D eigenvalue weighted by Crippen LogP contribution is 2.29. The van der Waals surface area contributed by atoms with Gasteiger partial charge in [0.1, 0.15) is 6.04 Å². The predicted octanol–water partition coefficient (Wildman–Crippen LogP) is 4.42. The molecular formula is C25H20N2O5. The standard InChI is InChI=1S/C25H20N2O5/c1-32-25(29)21(15-18-10-4-7-13-22(18)27(30)31)26-24(28)23-19-11-5-2-8-16(19)14-17-9-3-6-12-20(17)23/h2-14,21H,15H2,1H3,(H,26,28)/t21-/m0/s1. The van der Waals surface area contributed by atoms with E-state index in [-0.39, 0.29) is 12.1 Å². The molecule has 7 nitrogen and oxygen atoms in total. The van der Waals surface area contributed by atoms with Crippen LogP contribution in [0.15, 0.2) is 78.9 Å². The fraction of sp³-hybridized carbons (Fsp3) is 0.120. The molecule has 32 heavy (non-hydrogen) atoms. The summed E-state index contributed by atoms with van der Waals surface area (Å²) >= 11 is 0. The molecule has 0 saturated heterocycles. The molecule has 1 N–H and O–H groups in total. The second-order valence-corrected chi connectivity index (χ2v) is 7.33. The number of benzene rings is 4. The van der Waals surface area contributed by atoms with Crippen molar-refractivity contribution in [2.75, 3.05) is 7.11 Å². The normalized spacial score (nSPS) is 11.8. The van der Waals surface area contributed by atoms with Gasteiger partial charge in [0.2, 0.25) is 0 Å². The van der Waals surface area contributed by atoms with Gasteiger partial charge in [0.15, 0.2) is 0 Å². The third-order valence-corrected chi connectivity index (χ3v) is 5.40. The highest BCUT2D eigenvalue weighted by Gasteiger charge is 2.27. The molecule has 4 aromatic carbocycles. The van der Waals surface area contributed by atoms with Crippen LogP contribution in [0.2, 0.25) is 0 Å². The number of amides is 1. The Balaban J connectivity index is 1.76. The van der Waals surface area contributed by atoms with Gasteiger partial charge in [-0.15, -0.1) is 0 Å². The zero-order valence-corrected chi connectivity index (χ0v) is 17.3. The molecule has 0 aliphatic rings. The Hall–Kier alpha value is -4.26. The summed E-state index contributed by atoms with van der Waals surface area (Å²) in [7, 11) is 1.22. The van der Waals surface area contributed by atoms with Gasteiger partial charge in [-0.05, 0) is 27.6 Å². The van der Waals surface area contributed by atoms with Crippen LogP contribution in [0.5, 0.6) is 0 Å². The summed E-state index contributed by atoms with van der Waals surface area (Å²) in [5.74, 6) is -1.13. The minimum absolute atomic E-state index is 0.0712. The van der Waals surface area contributed by atoms with Crippen LogP contribution in [-0.2, 0) is 16.0 Å². The predicted molar refractivity (Wildman–Crippen MR) is 122 cm³/mol. The molecule has 0 aliphatic heterocycles. The number of rotatable bonds is 6. The van der Waals surface area contributed by atoms with Crippen molar-refractivity contribution in [3.63, 3.8) is 0 Å². The topological polar surface area (TPSA) is 98.5 Å². The SMILES string of the molecule is COC(=O)[C@H](Cc1ccccc1[N+](=O)[O-])NC(=O)c1c2ccccc2cc2ccccc12. The van der Waals surface area contributed by atoms with E-state index in [0.717, 1.165) is 21.5 Å². The molecule has 0 fully saturated rings. The summed E-state index contributed by atoms with van der Waals surface area (Å²) in [6.45, 7) is 0. The Bertz CT molecular complexity index is 1290. The van der Waals surface area contributed by atoms with Crippen LogP contribution < -0.4 is 5.32 Å².